The molecule has 4 nitrogen and oxygen atoms in total. The molecule has 4 rings (SSSR count). The molecule has 1 aliphatic rings. The molecule has 0 atom stereocenters. The zero-order valence-electron chi connectivity index (χ0n) is 18.8. The van der Waals surface area contributed by atoms with Gasteiger partial charge in [-0.25, -0.2) is 8.42 Å². The first-order valence-corrected chi connectivity index (χ1v) is 14.0. The van der Waals surface area contributed by atoms with Gasteiger partial charge in [-0.05, 0) is 61.7 Å². The molecule has 0 aliphatic carbocycles. The van der Waals surface area contributed by atoms with Gasteiger partial charge in [0, 0.05) is 21.7 Å². The third-order valence-corrected chi connectivity index (χ3v) is 8.80. The van der Waals surface area contributed by atoms with Crippen molar-refractivity contribution in [3.63, 3.8) is 0 Å². The smallest absolute Gasteiger partial charge is 0.416 e. The number of benzene rings is 3. The molecule has 3 aromatic carbocycles. The van der Waals surface area contributed by atoms with Crippen molar-refractivity contribution < 1.29 is 30.9 Å². The van der Waals surface area contributed by atoms with Gasteiger partial charge in [-0.3, -0.25) is 0 Å². The maximum absolute atomic E-state index is 12.0. The van der Waals surface area contributed by atoms with Gasteiger partial charge in [0.05, 0.1) is 17.1 Å². The summed E-state index contributed by atoms with van der Waals surface area (Å²) >= 11 is 0. The number of alkyl halides is 3. The van der Waals surface area contributed by atoms with Crippen LogP contribution in [0, 0.1) is 0 Å². The molecule has 0 spiro atoms. The van der Waals surface area contributed by atoms with Crippen LogP contribution in [-0.2, 0) is 27.2 Å². The highest BCUT2D eigenvalue weighted by Crippen LogP contribution is 2.34. The lowest BCUT2D eigenvalue weighted by Crippen LogP contribution is -2.05. The van der Waals surface area contributed by atoms with Crippen LogP contribution >= 0.6 is 0 Å². The van der Waals surface area contributed by atoms with Gasteiger partial charge >= 0.3 is 6.18 Å². The predicted octanol–water partition coefficient (Wildman–Crippen LogP) is 6.40. The minimum Gasteiger partial charge on any atom is -0.744 e. The molecular weight excluding hydrogens is 485 g/mol. The molecule has 3 aromatic rings. The van der Waals surface area contributed by atoms with Crippen molar-refractivity contribution in [2.75, 3.05) is 18.1 Å². The minimum absolute atomic E-state index is 0.464. The topological polar surface area (TPSA) is 66.4 Å². The summed E-state index contributed by atoms with van der Waals surface area (Å²) in [4.78, 5) is 0.881. The number of hydrogen-bond acceptors (Lipinski definition) is 4. The molecule has 0 aromatic heterocycles. The summed E-state index contributed by atoms with van der Waals surface area (Å²) in [5.41, 5.74) is -0.995. The van der Waals surface area contributed by atoms with Crippen LogP contribution in [0.25, 0.3) is 10.8 Å². The van der Waals surface area contributed by atoms with Crippen LogP contribution in [0.15, 0.2) is 70.5 Å². The maximum Gasteiger partial charge on any atom is 0.416 e. The number of rotatable bonds is 6. The monoisotopic (exact) mass is 512 g/mol. The Hall–Kier alpha value is -2.23. The molecule has 0 saturated carbocycles. The number of ether oxygens (including phenoxy) is 1. The van der Waals surface area contributed by atoms with Gasteiger partial charge in [0.15, 0.2) is 4.90 Å². The van der Waals surface area contributed by atoms with Crippen molar-refractivity contribution in [2.45, 2.75) is 48.6 Å². The van der Waals surface area contributed by atoms with E-state index in [-0.39, 0.29) is 0 Å². The highest BCUT2D eigenvalue weighted by molar-refractivity contribution is 7.97. The molecule has 1 aliphatic heterocycles. The SMILES string of the molecule is CCCCOc1ccc([S+]2CCCC2)c2ccccc12.O=S(=O)([O-])c1ccc(C(F)(F)F)cc1. The van der Waals surface area contributed by atoms with Crippen LogP contribution in [0.4, 0.5) is 13.2 Å². The van der Waals surface area contributed by atoms with E-state index < -0.39 is 26.8 Å². The van der Waals surface area contributed by atoms with Crippen LogP contribution in [0.1, 0.15) is 38.2 Å². The highest BCUT2D eigenvalue weighted by atomic mass is 32.2. The van der Waals surface area contributed by atoms with Crippen molar-refractivity contribution in [2.24, 2.45) is 0 Å². The van der Waals surface area contributed by atoms with Crippen LogP contribution in [0.5, 0.6) is 5.75 Å². The second-order valence-electron chi connectivity index (χ2n) is 7.89. The summed E-state index contributed by atoms with van der Waals surface area (Å²) in [5.74, 6) is 3.81. The lowest BCUT2D eigenvalue weighted by Gasteiger charge is -2.11. The molecule has 0 bridgehead atoms. The predicted molar refractivity (Wildman–Crippen MR) is 128 cm³/mol. The molecule has 9 heteroatoms. The fourth-order valence-corrected chi connectivity index (χ4v) is 6.60. The average Bonchev–Trinajstić information content (AvgIpc) is 3.33. The van der Waals surface area contributed by atoms with Gasteiger partial charge < -0.3 is 9.29 Å². The molecule has 0 amide bonds. The van der Waals surface area contributed by atoms with Crippen molar-refractivity contribution in [3.8, 4) is 5.75 Å². The first-order chi connectivity index (χ1) is 16.1. The summed E-state index contributed by atoms with van der Waals surface area (Å²) in [5, 5.41) is 2.70. The van der Waals surface area contributed by atoms with Crippen molar-refractivity contribution >= 4 is 31.8 Å². The fourth-order valence-electron chi connectivity index (χ4n) is 3.63. The van der Waals surface area contributed by atoms with Gasteiger partial charge in [-0.15, -0.1) is 0 Å². The molecule has 0 unspecified atom stereocenters. The van der Waals surface area contributed by atoms with E-state index in [1.807, 2.05) is 0 Å². The molecule has 0 radical (unpaired) electrons. The average molecular weight is 513 g/mol. The fraction of sp³-hybridized carbons (Fsp3) is 0.360. The summed E-state index contributed by atoms with van der Waals surface area (Å²) in [6, 6.07) is 15.6. The Labute approximate surface area is 201 Å². The molecule has 34 heavy (non-hydrogen) atoms. The first kappa shape index (κ1) is 26.4. The van der Waals surface area contributed by atoms with Crippen LogP contribution in [0.3, 0.4) is 0 Å². The second kappa shape index (κ2) is 11.5. The van der Waals surface area contributed by atoms with Gasteiger partial charge in [0.2, 0.25) is 0 Å². The molecule has 1 saturated heterocycles. The van der Waals surface area contributed by atoms with E-state index in [0.29, 0.717) is 35.2 Å². The number of hydrogen-bond donors (Lipinski definition) is 0. The molecule has 1 fully saturated rings. The Morgan fingerprint density at radius 1 is 0.941 bits per heavy atom. The summed E-state index contributed by atoms with van der Waals surface area (Å²) in [6.45, 7) is 3.03. The van der Waals surface area contributed by atoms with E-state index in [9.17, 15) is 26.1 Å². The summed E-state index contributed by atoms with van der Waals surface area (Å²) < 4.78 is 73.0. The lowest BCUT2D eigenvalue weighted by atomic mass is 10.1. The van der Waals surface area contributed by atoms with Crippen molar-refractivity contribution in [1.82, 2.24) is 0 Å². The van der Waals surface area contributed by atoms with E-state index in [1.54, 1.807) is 4.90 Å². The largest absolute Gasteiger partial charge is 0.744 e. The molecular formula is C25H27F3O4S2. The van der Waals surface area contributed by atoms with E-state index in [1.165, 1.54) is 41.5 Å². The van der Waals surface area contributed by atoms with Gasteiger partial charge in [-0.1, -0.05) is 31.5 Å². The number of halogens is 3. The third-order valence-electron chi connectivity index (χ3n) is 5.41. The minimum atomic E-state index is -4.68. The standard InChI is InChI=1S/C18H23OS.C7H5F3O3S/c1-2-3-12-19-17-10-11-18(20-13-6-7-14-20)16-9-5-4-8-15(16)17;8-7(9,10)5-1-3-6(4-2-5)14(11,12)13/h4-5,8-11H,2-3,6-7,12-14H2,1H3;1-4H,(H,11,12,13)/q+1;/p-1. The molecule has 0 N–H and O–H groups in total. The Balaban J connectivity index is 0.000000204. The number of unbranched alkanes of at least 4 members (excludes halogenated alkanes) is 1. The normalized spacial score (nSPS) is 14.6. The highest BCUT2D eigenvalue weighted by Gasteiger charge is 2.30. The summed E-state index contributed by atoms with van der Waals surface area (Å²) in [6.07, 6.45) is 0.559. The Kier molecular flexibility index (Phi) is 8.89. The lowest BCUT2D eigenvalue weighted by molar-refractivity contribution is -0.137. The first-order valence-electron chi connectivity index (χ1n) is 11.1. The quantitative estimate of drug-likeness (QED) is 0.218. The van der Waals surface area contributed by atoms with Gasteiger partial charge in [0.1, 0.15) is 27.4 Å². The summed E-state index contributed by atoms with van der Waals surface area (Å²) in [7, 11) is -4.22. The number of fused-ring (bicyclic) bond motifs is 1. The van der Waals surface area contributed by atoms with Gasteiger partial charge in [-0.2, -0.15) is 13.2 Å². The van der Waals surface area contributed by atoms with Crippen molar-refractivity contribution in [1.29, 1.82) is 0 Å². The maximum atomic E-state index is 12.0. The van der Waals surface area contributed by atoms with Crippen LogP contribution in [0.2, 0.25) is 0 Å². The third kappa shape index (κ3) is 6.90. The van der Waals surface area contributed by atoms with E-state index in [2.05, 4.69) is 43.3 Å². The zero-order valence-corrected chi connectivity index (χ0v) is 20.4. The Morgan fingerprint density at radius 3 is 2.12 bits per heavy atom. The van der Waals surface area contributed by atoms with Crippen LogP contribution in [-0.4, -0.2) is 31.1 Å². The molecule has 1 heterocycles. The zero-order chi connectivity index (χ0) is 24.8. The van der Waals surface area contributed by atoms with E-state index >= 15 is 0 Å². The van der Waals surface area contributed by atoms with Crippen LogP contribution < -0.4 is 4.74 Å². The Bertz CT molecular complexity index is 1190. The molecule has 184 valence electrons. The Morgan fingerprint density at radius 2 is 1.56 bits per heavy atom. The van der Waals surface area contributed by atoms with E-state index in [4.69, 9.17) is 4.74 Å². The second-order valence-corrected chi connectivity index (χ2v) is 11.5. The van der Waals surface area contributed by atoms with Crippen molar-refractivity contribution in [3.05, 3.63) is 66.2 Å². The van der Waals surface area contributed by atoms with Gasteiger partial charge in [0.25, 0.3) is 0 Å². The van der Waals surface area contributed by atoms with E-state index in [0.717, 1.165) is 18.8 Å².